The molecular formula is C41H33N. The lowest BCUT2D eigenvalue weighted by Gasteiger charge is -2.36. The van der Waals surface area contributed by atoms with E-state index in [9.17, 15) is 0 Å². The molecule has 6 aromatic carbocycles. The molecule has 0 aliphatic heterocycles. The number of hydrogen-bond acceptors (Lipinski definition) is 1. The predicted molar refractivity (Wildman–Crippen MR) is 176 cm³/mol. The Hall–Kier alpha value is -4.62. The summed E-state index contributed by atoms with van der Waals surface area (Å²) < 4.78 is 0. The lowest BCUT2D eigenvalue weighted by molar-refractivity contribution is 0.327. The van der Waals surface area contributed by atoms with Gasteiger partial charge >= 0.3 is 0 Å². The summed E-state index contributed by atoms with van der Waals surface area (Å²) in [6.45, 7) is 0. The Morgan fingerprint density at radius 3 is 1.86 bits per heavy atom. The molecule has 2 saturated carbocycles. The van der Waals surface area contributed by atoms with Gasteiger partial charge in [-0.2, -0.15) is 0 Å². The molecule has 3 atom stereocenters. The van der Waals surface area contributed by atoms with Crippen LogP contribution in [0.5, 0.6) is 0 Å². The summed E-state index contributed by atoms with van der Waals surface area (Å²) in [5.41, 5.74) is 12.5. The molecule has 0 radical (unpaired) electrons. The Labute approximate surface area is 248 Å². The van der Waals surface area contributed by atoms with Gasteiger partial charge in [0.2, 0.25) is 0 Å². The van der Waals surface area contributed by atoms with Crippen molar-refractivity contribution in [1.82, 2.24) is 0 Å². The summed E-state index contributed by atoms with van der Waals surface area (Å²) in [6, 6.07) is 51.7. The lowest BCUT2D eigenvalue weighted by atomic mass is 9.66. The largest absolute Gasteiger partial charge is 0.310 e. The van der Waals surface area contributed by atoms with Gasteiger partial charge in [-0.1, -0.05) is 116 Å². The Kier molecular flexibility index (Phi) is 5.26. The van der Waals surface area contributed by atoms with Crippen LogP contribution < -0.4 is 4.90 Å². The number of rotatable bonds is 4. The minimum atomic E-state index is 0.192. The quantitative estimate of drug-likeness (QED) is 0.215. The standard InChI is InChI=1S/C41H33N/c1-3-12-30(13-4-1)42(31-14-5-2-6-15-31)39-25-24-33(32-16-7-8-17-34(32)39)35-19-11-21-38-40(35)36-18-9-10-20-37(36)41(38)27-28-22-23-29(41)26-28/h1-21,24-25,28-29H,22-23,26-27H2/t28-,29+,41+/m0/s1. The molecule has 0 heterocycles. The van der Waals surface area contributed by atoms with Crippen molar-refractivity contribution in [3.05, 3.63) is 151 Å². The normalized spacial score (nSPS) is 21.5. The maximum Gasteiger partial charge on any atom is 0.0540 e. The molecule has 0 saturated heterocycles. The van der Waals surface area contributed by atoms with Gasteiger partial charge in [-0.25, -0.2) is 0 Å². The first-order chi connectivity index (χ1) is 20.8. The van der Waals surface area contributed by atoms with Crippen LogP contribution in [0, 0.1) is 11.8 Å². The highest BCUT2D eigenvalue weighted by Crippen LogP contribution is 2.66. The number of para-hydroxylation sites is 2. The molecule has 0 amide bonds. The van der Waals surface area contributed by atoms with Crippen molar-refractivity contribution in [2.75, 3.05) is 4.90 Å². The Bertz CT molecular complexity index is 1920. The van der Waals surface area contributed by atoms with Gasteiger partial charge in [-0.3, -0.25) is 0 Å². The smallest absolute Gasteiger partial charge is 0.0540 e. The van der Waals surface area contributed by atoms with E-state index in [0.717, 1.165) is 23.2 Å². The van der Waals surface area contributed by atoms with E-state index < -0.39 is 0 Å². The molecule has 2 fully saturated rings. The first kappa shape index (κ1) is 24.0. The van der Waals surface area contributed by atoms with Gasteiger partial charge < -0.3 is 4.90 Å². The second kappa shape index (κ2) is 9.19. The Morgan fingerprint density at radius 1 is 0.500 bits per heavy atom. The van der Waals surface area contributed by atoms with Crippen LogP contribution in [0.15, 0.2) is 140 Å². The number of fused-ring (bicyclic) bond motifs is 9. The number of nitrogens with zero attached hydrogens (tertiary/aromatic N) is 1. The maximum atomic E-state index is 2.46. The topological polar surface area (TPSA) is 3.24 Å². The molecule has 0 N–H and O–H groups in total. The van der Waals surface area contributed by atoms with Gasteiger partial charge in [0.1, 0.15) is 0 Å². The van der Waals surface area contributed by atoms with Crippen molar-refractivity contribution in [2.45, 2.75) is 31.1 Å². The van der Waals surface area contributed by atoms with E-state index in [1.165, 1.54) is 64.4 Å². The van der Waals surface area contributed by atoms with Gasteiger partial charge in [0.05, 0.1) is 5.69 Å². The molecule has 9 rings (SSSR count). The summed E-state index contributed by atoms with van der Waals surface area (Å²) in [5, 5.41) is 2.56. The van der Waals surface area contributed by atoms with Gasteiger partial charge in [-0.05, 0) is 100 Å². The Morgan fingerprint density at radius 2 is 1.14 bits per heavy atom. The zero-order valence-corrected chi connectivity index (χ0v) is 23.7. The van der Waals surface area contributed by atoms with Gasteiger partial charge in [0, 0.05) is 22.2 Å². The molecule has 3 aliphatic carbocycles. The van der Waals surface area contributed by atoms with Gasteiger partial charge in [0.25, 0.3) is 0 Å². The van der Waals surface area contributed by atoms with Crippen LogP contribution in [-0.2, 0) is 5.41 Å². The molecule has 42 heavy (non-hydrogen) atoms. The Balaban J connectivity index is 1.28. The van der Waals surface area contributed by atoms with E-state index in [2.05, 4.69) is 144 Å². The van der Waals surface area contributed by atoms with Crippen LogP contribution >= 0.6 is 0 Å². The fourth-order valence-corrected chi connectivity index (χ4v) is 8.96. The average molecular weight is 540 g/mol. The molecule has 6 aromatic rings. The zero-order chi connectivity index (χ0) is 27.7. The third-order valence-corrected chi connectivity index (χ3v) is 10.5. The summed E-state index contributed by atoms with van der Waals surface area (Å²) in [6.07, 6.45) is 5.49. The van der Waals surface area contributed by atoms with Crippen molar-refractivity contribution in [1.29, 1.82) is 0 Å². The van der Waals surface area contributed by atoms with Crippen LogP contribution in [0.1, 0.15) is 36.8 Å². The molecule has 202 valence electrons. The lowest BCUT2D eigenvalue weighted by Crippen LogP contribution is -2.31. The van der Waals surface area contributed by atoms with E-state index in [4.69, 9.17) is 0 Å². The van der Waals surface area contributed by atoms with Crippen molar-refractivity contribution < 1.29 is 0 Å². The summed E-state index contributed by atoms with van der Waals surface area (Å²) in [7, 11) is 0. The van der Waals surface area contributed by atoms with Crippen molar-refractivity contribution in [3.8, 4) is 22.3 Å². The van der Waals surface area contributed by atoms with Crippen LogP contribution in [0.25, 0.3) is 33.0 Å². The molecule has 3 aliphatic rings. The number of hydrogen-bond donors (Lipinski definition) is 0. The molecule has 2 bridgehead atoms. The summed E-state index contributed by atoms with van der Waals surface area (Å²) in [4.78, 5) is 2.39. The van der Waals surface area contributed by atoms with Gasteiger partial charge in [-0.15, -0.1) is 0 Å². The monoisotopic (exact) mass is 539 g/mol. The van der Waals surface area contributed by atoms with Crippen molar-refractivity contribution >= 4 is 27.8 Å². The van der Waals surface area contributed by atoms with Gasteiger partial charge in [0.15, 0.2) is 0 Å². The van der Waals surface area contributed by atoms with Crippen LogP contribution in [-0.4, -0.2) is 0 Å². The van der Waals surface area contributed by atoms with E-state index in [0.29, 0.717) is 0 Å². The van der Waals surface area contributed by atoms with Crippen LogP contribution in [0.3, 0.4) is 0 Å². The summed E-state index contributed by atoms with van der Waals surface area (Å²) >= 11 is 0. The SMILES string of the molecule is c1ccc(N(c2ccccc2)c2ccc(-c3cccc4c3-c3ccccc3[C@]43C[C@H]4CC[C@@H]3C4)c3ccccc23)cc1. The first-order valence-corrected chi connectivity index (χ1v) is 15.5. The minimum absolute atomic E-state index is 0.192. The van der Waals surface area contributed by atoms with Crippen LogP contribution in [0.4, 0.5) is 17.1 Å². The highest BCUT2D eigenvalue weighted by Gasteiger charge is 2.56. The minimum Gasteiger partial charge on any atom is -0.310 e. The molecule has 1 nitrogen and oxygen atoms in total. The predicted octanol–water partition coefficient (Wildman–Crippen LogP) is 11.1. The fraction of sp³-hybridized carbons (Fsp3) is 0.171. The van der Waals surface area contributed by atoms with E-state index >= 15 is 0 Å². The summed E-state index contributed by atoms with van der Waals surface area (Å²) in [5.74, 6) is 1.64. The first-order valence-electron chi connectivity index (χ1n) is 15.5. The molecule has 1 heteroatoms. The average Bonchev–Trinajstić information content (AvgIpc) is 3.75. The second-order valence-corrected chi connectivity index (χ2v) is 12.5. The fourth-order valence-electron chi connectivity index (χ4n) is 8.96. The van der Waals surface area contributed by atoms with Crippen LogP contribution in [0.2, 0.25) is 0 Å². The highest BCUT2D eigenvalue weighted by molar-refractivity contribution is 6.09. The third kappa shape index (κ3) is 3.31. The second-order valence-electron chi connectivity index (χ2n) is 12.5. The third-order valence-electron chi connectivity index (χ3n) is 10.5. The highest BCUT2D eigenvalue weighted by atomic mass is 15.1. The molecular weight excluding hydrogens is 506 g/mol. The number of benzene rings is 6. The van der Waals surface area contributed by atoms with Crippen molar-refractivity contribution in [2.24, 2.45) is 11.8 Å². The van der Waals surface area contributed by atoms with Crippen molar-refractivity contribution in [3.63, 3.8) is 0 Å². The maximum absolute atomic E-state index is 2.46. The molecule has 1 spiro atoms. The molecule has 0 aromatic heterocycles. The zero-order valence-electron chi connectivity index (χ0n) is 23.7. The van der Waals surface area contributed by atoms with E-state index in [1.807, 2.05) is 0 Å². The molecule has 0 unspecified atom stereocenters. The number of anilines is 3. The van der Waals surface area contributed by atoms with E-state index in [-0.39, 0.29) is 5.41 Å². The van der Waals surface area contributed by atoms with E-state index in [1.54, 1.807) is 11.1 Å².